The molecule has 0 fully saturated rings. The molecule has 0 aliphatic rings. The van der Waals surface area contributed by atoms with Gasteiger partial charge in [0.15, 0.2) is 0 Å². The van der Waals surface area contributed by atoms with Crippen LogP contribution in [0, 0.1) is 6.92 Å². The molecule has 6 heteroatoms. The van der Waals surface area contributed by atoms with Gasteiger partial charge in [0.05, 0.1) is 29.3 Å². The molecule has 0 saturated heterocycles. The third-order valence-electron chi connectivity index (χ3n) is 2.55. The normalized spacial score (nSPS) is 10.8. The van der Waals surface area contributed by atoms with Crippen LogP contribution in [-0.2, 0) is 13.0 Å². The fraction of sp³-hybridized carbons (Fsp3) is 0.417. The molecule has 2 aromatic heterocycles. The monoisotopic (exact) mass is 327 g/mol. The molecular formula is C12H14BrN3OS. The van der Waals surface area contributed by atoms with Crippen LogP contribution in [0.15, 0.2) is 21.0 Å². The lowest BCUT2D eigenvalue weighted by atomic mass is 10.3. The first-order chi connectivity index (χ1) is 8.61. The number of aromatic nitrogens is 3. The average molecular weight is 328 g/mol. The smallest absolute Gasteiger partial charge is 0.268 e. The van der Waals surface area contributed by atoms with Gasteiger partial charge in [-0.05, 0) is 35.7 Å². The first-order valence-electron chi connectivity index (χ1n) is 5.76. The summed E-state index contributed by atoms with van der Waals surface area (Å²) >= 11 is 4.91. The highest BCUT2D eigenvalue weighted by atomic mass is 79.9. The van der Waals surface area contributed by atoms with Crippen molar-refractivity contribution in [2.24, 2.45) is 0 Å². The van der Waals surface area contributed by atoms with Gasteiger partial charge in [-0.25, -0.2) is 9.97 Å². The first kappa shape index (κ1) is 13.4. The van der Waals surface area contributed by atoms with Crippen LogP contribution in [0.1, 0.15) is 29.7 Å². The van der Waals surface area contributed by atoms with Gasteiger partial charge in [-0.1, -0.05) is 6.92 Å². The zero-order chi connectivity index (χ0) is 13.1. The molecule has 96 valence electrons. The van der Waals surface area contributed by atoms with Crippen LogP contribution >= 0.6 is 27.3 Å². The highest BCUT2D eigenvalue weighted by Gasteiger charge is 2.07. The molecule has 0 aliphatic carbocycles. The number of halogens is 1. The van der Waals surface area contributed by atoms with Gasteiger partial charge in [-0.3, -0.25) is 9.36 Å². The number of rotatable bonds is 4. The van der Waals surface area contributed by atoms with Crippen LogP contribution in [-0.4, -0.2) is 14.5 Å². The quantitative estimate of drug-likeness (QED) is 0.867. The molecule has 2 aromatic rings. The fourth-order valence-electron chi connectivity index (χ4n) is 1.58. The van der Waals surface area contributed by atoms with Crippen molar-refractivity contribution < 1.29 is 0 Å². The SMILES string of the molecule is CCCc1nc(Cn2cnc(C)c(Br)c2=O)cs1. The summed E-state index contributed by atoms with van der Waals surface area (Å²) in [5.74, 6) is 0. The second-order valence-corrected chi connectivity index (χ2v) is 5.80. The van der Waals surface area contributed by atoms with Crippen LogP contribution in [0.2, 0.25) is 0 Å². The Morgan fingerprint density at radius 2 is 2.28 bits per heavy atom. The predicted octanol–water partition coefficient (Wildman–Crippen LogP) is 2.77. The maximum absolute atomic E-state index is 12.0. The molecule has 2 heterocycles. The molecule has 0 amide bonds. The first-order valence-corrected chi connectivity index (χ1v) is 7.44. The predicted molar refractivity (Wildman–Crippen MR) is 76.1 cm³/mol. The molecule has 0 N–H and O–H groups in total. The molecule has 0 aliphatic heterocycles. The summed E-state index contributed by atoms with van der Waals surface area (Å²) in [6.45, 7) is 4.41. The van der Waals surface area contributed by atoms with Gasteiger partial charge in [-0.15, -0.1) is 11.3 Å². The van der Waals surface area contributed by atoms with Crippen molar-refractivity contribution in [1.82, 2.24) is 14.5 Å². The molecule has 2 rings (SSSR count). The van der Waals surface area contributed by atoms with E-state index in [0.717, 1.165) is 23.5 Å². The third kappa shape index (κ3) is 2.87. The Hall–Kier alpha value is -1.01. The van der Waals surface area contributed by atoms with E-state index in [4.69, 9.17) is 0 Å². The zero-order valence-corrected chi connectivity index (χ0v) is 12.7. The minimum absolute atomic E-state index is 0.0625. The van der Waals surface area contributed by atoms with E-state index in [1.807, 2.05) is 5.38 Å². The third-order valence-corrected chi connectivity index (χ3v) is 4.42. The number of hydrogen-bond donors (Lipinski definition) is 0. The number of aryl methyl sites for hydroxylation is 2. The standard InChI is InChI=1S/C12H14BrN3OS/c1-3-4-10-15-9(6-18-10)5-16-7-14-8(2)11(13)12(16)17/h6-7H,3-5H2,1-2H3. The van der Waals surface area contributed by atoms with Gasteiger partial charge < -0.3 is 0 Å². The Morgan fingerprint density at radius 1 is 1.50 bits per heavy atom. The molecule has 0 unspecified atom stereocenters. The van der Waals surface area contributed by atoms with Crippen molar-refractivity contribution in [3.8, 4) is 0 Å². The average Bonchev–Trinajstić information content (AvgIpc) is 2.78. The molecule has 0 saturated carbocycles. The maximum Gasteiger partial charge on any atom is 0.268 e. The van der Waals surface area contributed by atoms with Gasteiger partial charge >= 0.3 is 0 Å². The number of nitrogens with zero attached hydrogens (tertiary/aromatic N) is 3. The van der Waals surface area contributed by atoms with Crippen LogP contribution in [0.5, 0.6) is 0 Å². The van der Waals surface area contributed by atoms with E-state index in [-0.39, 0.29) is 5.56 Å². The maximum atomic E-state index is 12.0. The summed E-state index contributed by atoms with van der Waals surface area (Å²) in [6.07, 6.45) is 3.65. The van der Waals surface area contributed by atoms with E-state index in [1.54, 1.807) is 29.2 Å². The van der Waals surface area contributed by atoms with Crippen molar-refractivity contribution in [3.63, 3.8) is 0 Å². The second-order valence-electron chi connectivity index (χ2n) is 4.06. The molecule has 0 spiro atoms. The van der Waals surface area contributed by atoms with Gasteiger partial charge in [0.25, 0.3) is 5.56 Å². The minimum atomic E-state index is -0.0625. The van der Waals surface area contributed by atoms with E-state index in [2.05, 4.69) is 32.8 Å². The van der Waals surface area contributed by atoms with Gasteiger partial charge in [0.1, 0.15) is 4.47 Å². The Kier molecular flexibility index (Phi) is 4.29. The van der Waals surface area contributed by atoms with E-state index >= 15 is 0 Å². The summed E-state index contributed by atoms with van der Waals surface area (Å²) in [5, 5.41) is 3.13. The van der Waals surface area contributed by atoms with Crippen molar-refractivity contribution in [2.75, 3.05) is 0 Å². The Balaban J connectivity index is 2.23. The van der Waals surface area contributed by atoms with Crippen LogP contribution in [0.4, 0.5) is 0 Å². The largest absolute Gasteiger partial charge is 0.292 e. The highest BCUT2D eigenvalue weighted by Crippen LogP contribution is 2.13. The zero-order valence-electron chi connectivity index (χ0n) is 10.3. The number of hydrogen-bond acceptors (Lipinski definition) is 4. The van der Waals surface area contributed by atoms with Gasteiger partial charge in [0.2, 0.25) is 0 Å². The summed E-state index contributed by atoms with van der Waals surface area (Å²) in [5.41, 5.74) is 1.57. The van der Waals surface area contributed by atoms with Crippen molar-refractivity contribution in [3.05, 3.63) is 42.9 Å². The van der Waals surface area contributed by atoms with Crippen molar-refractivity contribution in [2.45, 2.75) is 33.2 Å². The minimum Gasteiger partial charge on any atom is -0.292 e. The van der Waals surface area contributed by atoms with E-state index in [1.165, 1.54) is 0 Å². The molecule has 0 radical (unpaired) electrons. The fourth-order valence-corrected chi connectivity index (χ4v) is 2.81. The van der Waals surface area contributed by atoms with E-state index < -0.39 is 0 Å². The lowest BCUT2D eigenvalue weighted by Gasteiger charge is -2.04. The summed E-state index contributed by atoms with van der Waals surface area (Å²) in [7, 11) is 0. The van der Waals surface area contributed by atoms with E-state index in [0.29, 0.717) is 16.7 Å². The Morgan fingerprint density at radius 3 is 3.00 bits per heavy atom. The Labute approximate surface area is 118 Å². The molecule has 18 heavy (non-hydrogen) atoms. The van der Waals surface area contributed by atoms with E-state index in [9.17, 15) is 4.79 Å². The topological polar surface area (TPSA) is 47.8 Å². The summed E-state index contributed by atoms with van der Waals surface area (Å²) in [6, 6.07) is 0. The highest BCUT2D eigenvalue weighted by molar-refractivity contribution is 9.10. The molecular weight excluding hydrogens is 314 g/mol. The van der Waals surface area contributed by atoms with Crippen LogP contribution in [0.3, 0.4) is 0 Å². The second kappa shape index (κ2) is 5.75. The lowest BCUT2D eigenvalue weighted by molar-refractivity contribution is 0.708. The van der Waals surface area contributed by atoms with Crippen LogP contribution < -0.4 is 5.56 Å². The molecule has 0 aromatic carbocycles. The molecule has 4 nitrogen and oxygen atoms in total. The van der Waals surface area contributed by atoms with Crippen molar-refractivity contribution in [1.29, 1.82) is 0 Å². The van der Waals surface area contributed by atoms with Gasteiger partial charge in [-0.2, -0.15) is 0 Å². The summed E-state index contributed by atoms with van der Waals surface area (Å²) < 4.78 is 2.09. The summed E-state index contributed by atoms with van der Waals surface area (Å²) in [4.78, 5) is 20.7. The molecule has 0 bridgehead atoms. The van der Waals surface area contributed by atoms with Gasteiger partial charge in [0, 0.05) is 5.38 Å². The van der Waals surface area contributed by atoms with Crippen LogP contribution in [0.25, 0.3) is 0 Å². The van der Waals surface area contributed by atoms with Crippen molar-refractivity contribution >= 4 is 27.3 Å². The Bertz CT molecular complexity index is 606. The lowest BCUT2D eigenvalue weighted by Crippen LogP contribution is -2.22. The number of thiazole rings is 1. The molecule has 0 atom stereocenters.